The molecule has 2 aromatic carbocycles. The fraction of sp³-hybridized carbons (Fsp3) is 0.368. The first-order chi connectivity index (χ1) is 11.2. The Labute approximate surface area is 142 Å². The molecule has 0 radical (unpaired) electrons. The lowest BCUT2D eigenvalue weighted by Crippen LogP contribution is -2.43. The van der Waals surface area contributed by atoms with E-state index >= 15 is 0 Å². The van der Waals surface area contributed by atoms with Crippen molar-refractivity contribution >= 4 is 17.3 Å². The molecule has 1 N–H and O–H groups in total. The van der Waals surface area contributed by atoms with Crippen LogP contribution in [0.3, 0.4) is 0 Å². The van der Waals surface area contributed by atoms with E-state index in [-0.39, 0.29) is 5.82 Å². The SMILES string of the molecule is Fc1ccc(CCNC2CCN(c3ccc(Cl)cc3)CC2)cc1. The lowest BCUT2D eigenvalue weighted by atomic mass is 10.0. The molecule has 1 fully saturated rings. The van der Waals surface area contributed by atoms with Crippen LogP contribution in [0.1, 0.15) is 18.4 Å². The summed E-state index contributed by atoms with van der Waals surface area (Å²) in [5.74, 6) is -0.170. The second-order valence-corrected chi connectivity index (χ2v) is 6.50. The Morgan fingerprint density at radius 2 is 1.65 bits per heavy atom. The molecule has 0 atom stereocenters. The fourth-order valence-corrected chi connectivity index (χ4v) is 3.19. The van der Waals surface area contributed by atoms with Gasteiger partial charge in [0.2, 0.25) is 0 Å². The topological polar surface area (TPSA) is 15.3 Å². The molecule has 1 aliphatic rings. The largest absolute Gasteiger partial charge is 0.371 e. The van der Waals surface area contributed by atoms with Crippen molar-refractivity contribution in [3.8, 4) is 0 Å². The van der Waals surface area contributed by atoms with Crippen LogP contribution in [-0.4, -0.2) is 25.7 Å². The van der Waals surface area contributed by atoms with Gasteiger partial charge in [0, 0.05) is 29.8 Å². The lowest BCUT2D eigenvalue weighted by Gasteiger charge is -2.34. The zero-order valence-electron chi connectivity index (χ0n) is 13.1. The fourth-order valence-electron chi connectivity index (χ4n) is 3.07. The summed E-state index contributed by atoms with van der Waals surface area (Å²) in [5, 5.41) is 4.41. The van der Waals surface area contributed by atoms with Gasteiger partial charge in [0.1, 0.15) is 5.82 Å². The van der Waals surface area contributed by atoms with Crippen LogP contribution in [0.15, 0.2) is 48.5 Å². The molecule has 4 heteroatoms. The van der Waals surface area contributed by atoms with Gasteiger partial charge in [-0.1, -0.05) is 23.7 Å². The van der Waals surface area contributed by atoms with Crippen LogP contribution in [0.2, 0.25) is 5.02 Å². The average Bonchev–Trinajstić information content (AvgIpc) is 2.58. The van der Waals surface area contributed by atoms with Gasteiger partial charge in [-0.3, -0.25) is 0 Å². The van der Waals surface area contributed by atoms with Crippen molar-refractivity contribution in [1.82, 2.24) is 5.32 Å². The van der Waals surface area contributed by atoms with E-state index < -0.39 is 0 Å². The minimum atomic E-state index is -0.170. The van der Waals surface area contributed by atoms with Gasteiger partial charge in [-0.25, -0.2) is 4.39 Å². The van der Waals surface area contributed by atoms with Gasteiger partial charge in [-0.15, -0.1) is 0 Å². The maximum Gasteiger partial charge on any atom is 0.123 e. The van der Waals surface area contributed by atoms with Crippen molar-refractivity contribution < 1.29 is 4.39 Å². The van der Waals surface area contributed by atoms with Crippen LogP contribution >= 0.6 is 11.6 Å². The number of nitrogens with zero attached hydrogens (tertiary/aromatic N) is 1. The Kier molecular flexibility index (Phi) is 5.52. The van der Waals surface area contributed by atoms with Crippen molar-refractivity contribution in [3.63, 3.8) is 0 Å². The zero-order chi connectivity index (χ0) is 16.1. The van der Waals surface area contributed by atoms with Gasteiger partial charge in [0.15, 0.2) is 0 Å². The second-order valence-electron chi connectivity index (χ2n) is 6.07. The summed E-state index contributed by atoms with van der Waals surface area (Å²) in [7, 11) is 0. The molecule has 122 valence electrons. The van der Waals surface area contributed by atoms with Gasteiger partial charge in [0.05, 0.1) is 0 Å². The van der Waals surface area contributed by atoms with Gasteiger partial charge >= 0.3 is 0 Å². The molecule has 0 saturated carbocycles. The highest BCUT2D eigenvalue weighted by Crippen LogP contribution is 2.22. The Morgan fingerprint density at radius 3 is 2.30 bits per heavy atom. The summed E-state index contributed by atoms with van der Waals surface area (Å²) >= 11 is 5.94. The number of hydrogen-bond acceptors (Lipinski definition) is 2. The predicted molar refractivity (Wildman–Crippen MR) is 94.8 cm³/mol. The molecule has 0 spiro atoms. The molecular formula is C19H22ClFN2. The molecule has 0 aliphatic carbocycles. The van der Waals surface area contributed by atoms with E-state index in [2.05, 4.69) is 22.3 Å². The minimum Gasteiger partial charge on any atom is -0.371 e. The van der Waals surface area contributed by atoms with Crippen LogP contribution in [0, 0.1) is 5.82 Å². The van der Waals surface area contributed by atoms with Crippen molar-refractivity contribution in [2.24, 2.45) is 0 Å². The van der Waals surface area contributed by atoms with Gasteiger partial charge in [-0.05, 0) is 67.8 Å². The molecule has 23 heavy (non-hydrogen) atoms. The third kappa shape index (κ3) is 4.69. The smallest absolute Gasteiger partial charge is 0.123 e. The highest BCUT2D eigenvalue weighted by Gasteiger charge is 2.18. The van der Waals surface area contributed by atoms with Crippen LogP contribution in [0.5, 0.6) is 0 Å². The Bertz CT molecular complexity index is 602. The molecule has 0 unspecified atom stereocenters. The van der Waals surface area contributed by atoms with E-state index in [0.717, 1.165) is 43.9 Å². The summed E-state index contributed by atoms with van der Waals surface area (Å²) in [6, 6.07) is 15.4. The second kappa shape index (κ2) is 7.80. The number of nitrogens with one attached hydrogen (secondary N) is 1. The summed E-state index contributed by atoms with van der Waals surface area (Å²) in [4.78, 5) is 2.41. The minimum absolute atomic E-state index is 0.170. The van der Waals surface area contributed by atoms with Crippen molar-refractivity contribution in [1.29, 1.82) is 0 Å². The highest BCUT2D eigenvalue weighted by molar-refractivity contribution is 6.30. The molecule has 2 nitrogen and oxygen atoms in total. The van der Waals surface area contributed by atoms with Crippen LogP contribution in [0.4, 0.5) is 10.1 Å². The number of halogens is 2. The standard InChI is InChI=1S/C19H22ClFN2/c20-16-3-7-19(8-4-16)23-13-10-18(11-14-23)22-12-9-15-1-5-17(21)6-2-15/h1-8,18,22H,9-14H2. The summed E-state index contributed by atoms with van der Waals surface area (Å²) in [6.07, 6.45) is 3.23. The number of hydrogen-bond donors (Lipinski definition) is 1. The van der Waals surface area contributed by atoms with Crippen LogP contribution in [0.25, 0.3) is 0 Å². The number of piperidine rings is 1. The lowest BCUT2D eigenvalue weighted by molar-refractivity contribution is 0.417. The molecule has 0 aromatic heterocycles. The van der Waals surface area contributed by atoms with Crippen LogP contribution in [-0.2, 0) is 6.42 Å². The van der Waals surface area contributed by atoms with Gasteiger partial charge in [-0.2, -0.15) is 0 Å². The molecule has 0 bridgehead atoms. The molecule has 1 heterocycles. The predicted octanol–water partition coefficient (Wildman–Crippen LogP) is 4.28. The van der Waals surface area contributed by atoms with E-state index in [1.54, 1.807) is 0 Å². The number of anilines is 1. The molecule has 1 saturated heterocycles. The number of benzene rings is 2. The molecular weight excluding hydrogens is 311 g/mol. The third-order valence-corrected chi connectivity index (χ3v) is 4.70. The van der Waals surface area contributed by atoms with Crippen LogP contribution < -0.4 is 10.2 Å². The maximum atomic E-state index is 12.9. The maximum absolute atomic E-state index is 12.9. The van der Waals surface area contributed by atoms with Gasteiger partial charge < -0.3 is 10.2 Å². The Morgan fingerprint density at radius 1 is 1.00 bits per heavy atom. The molecule has 3 rings (SSSR count). The third-order valence-electron chi connectivity index (χ3n) is 4.45. The summed E-state index contributed by atoms with van der Waals surface area (Å²) in [6.45, 7) is 3.07. The summed E-state index contributed by atoms with van der Waals surface area (Å²) in [5.41, 5.74) is 2.43. The highest BCUT2D eigenvalue weighted by atomic mass is 35.5. The van der Waals surface area contributed by atoms with Crippen molar-refractivity contribution in [2.45, 2.75) is 25.3 Å². The Hall–Kier alpha value is -1.58. The zero-order valence-corrected chi connectivity index (χ0v) is 13.9. The normalized spacial score (nSPS) is 15.8. The molecule has 2 aromatic rings. The quantitative estimate of drug-likeness (QED) is 0.879. The first kappa shape index (κ1) is 16.3. The van der Waals surface area contributed by atoms with E-state index in [1.807, 2.05) is 24.3 Å². The van der Waals surface area contributed by atoms with E-state index in [1.165, 1.54) is 23.4 Å². The van der Waals surface area contributed by atoms with E-state index in [0.29, 0.717) is 6.04 Å². The summed E-state index contributed by atoms with van der Waals surface area (Å²) < 4.78 is 12.9. The van der Waals surface area contributed by atoms with E-state index in [4.69, 9.17) is 11.6 Å². The van der Waals surface area contributed by atoms with E-state index in [9.17, 15) is 4.39 Å². The Balaban J connectivity index is 1.40. The molecule has 0 amide bonds. The average molecular weight is 333 g/mol. The first-order valence-corrected chi connectivity index (χ1v) is 8.57. The first-order valence-electron chi connectivity index (χ1n) is 8.19. The molecule has 1 aliphatic heterocycles. The van der Waals surface area contributed by atoms with Gasteiger partial charge in [0.25, 0.3) is 0 Å². The monoisotopic (exact) mass is 332 g/mol. The number of rotatable bonds is 5. The van der Waals surface area contributed by atoms with Crippen molar-refractivity contribution in [2.75, 3.05) is 24.5 Å². The van der Waals surface area contributed by atoms with Crippen molar-refractivity contribution in [3.05, 3.63) is 64.9 Å².